The molecule has 2 N–H and O–H groups in total. The number of aromatic nitrogens is 2. The van der Waals surface area contributed by atoms with Crippen molar-refractivity contribution in [2.75, 3.05) is 23.7 Å². The van der Waals surface area contributed by atoms with Gasteiger partial charge in [-0.25, -0.2) is 23.5 Å². The molecule has 0 spiro atoms. The molecule has 0 saturated carbocycles. The molecule has 0 unspecified atom stereocenters. The average molecular weight is 305 g/mol. The minimum atomic E-state index is -3.43. The second-order valence-electron chi connectivity index (χ2n) is 4.88. The van der Waals surface area contributed by atoms with Crippen LogP contribution in [0.5, 0.6) is 0 Å². The fraction of sp³-hybridized carbons (Fsp3) is 0.636. The third-order valence-corrected chi connectivity index (χ3v) is 4.23. The van der Waals surface area contributed by atoms with E-state index in [-0.39, 0.29) is 11.7 Å². The number of nitrogens with zero attached hydrogens (tertiary/aromatic N) is 3. The highest BCUT2D eigenvalue weighted by Crippen LogP contribution is 2.23. The molecule has 8 heteroatoms. The first-order chi connectivity index (χ1) is 8.83. The van der Waals surface area contributed by atoms with Crippen LogP contribution in [-0.4, -0.2) is 37.2 Å². The second kappa shape index (κ2) is 5.60. The van der Waals surface area contributed by atoms with Gasteiger partial charge in [0.15, 0.2) is 0 Å². The van der Waals surface area contributed by atoms with Crippen molar-refractivity contribution in [3.8, 4) is 0 Å². The third-order valence-electron chi connectivity index (χ3n) is 3.10. The zero-order chi connectivity index (χ0) is 14.0. The standard InChI is InChI=1S/C11H17ClN4O2S/c1-8-14-10(12)5-11(15-8)16-4-2-3-9(6-16)7-19(13,17)18/h5,9H,2-4,6-7H2,1H3,(H2,13,17,18)/t9-/m1/s1. The van der Waals surface area contributed by atoms with E-state index in [9.17, 15) is 8.42 Å². The SMILES string of the molecule is Cc1nc(Cl)cc(N2CCC[C@@H](CS(N)(=O)=O)C2)n1. The lowest BCUT2D eigenvalue weighted by Gasteiger charge is -2.33. The van der Waals surface area contributed by atoms with Gasteiger partial charge < -0.3 is 4.90 Å². The molecule has 0 radical (unpaired) electrons. The first kappa shape index (κ1) is 14.5. The van der Waals surface area contributed by atoms with Gasteiger partial charge in [0.1, 0.15) is 16.8 Å². The van der Waals surface area contributed by atoms with Crippen LogP contribution in [0.2, 0.25) is 5.15 Å². The van der Waals surface area contributed by atoms with Gasteiger partial charge in [0.25, 0.3) is 0 Å². The lowest BCUT2D eigenvalue weighted by molar-refractivity contribution is 0.441. The summed E-state index contributed by atoms with van der Waals surface area (Å²) in [5.41, 5.74) is 0. The largest absolute Gasteiger partial charge is 0.356 e. The topological polar surface area (TPSA) is 89.2 Å². The Labute approximate surface area is 118 Å². The summed E-state index contributed by atoms with van der Waals surface area (Å²) in [4.78, 5) is 10.4. The number of anilines is 1. The summed E-state index contributed by atoms with van der Waals surface area (Å²) >= 11 is 5.92. The molecular weight excluding hydrogens is 288 g/mol. The molecule has 1 atom stereocenters. The van der Waals surface area contributed by atoms with Crippen LogP contribution in [0, 0.1) is 12.8 Å². The quantitative estimate of drug-likeness (QED) is 0.840. The Morgan fingerprint density at radius 1 is 1.53 bits per heavy atom. The Morgan fingerprint density at radius 2 is 2.26 bits per heavy atom. The van der Waals surface area contributed by atoms with Gasteiger partial charge in [0.05, 0.1) is 5.75 Å². The Balaban J connectivity index is 2.12. The van der Waals surface area contributed by atoms with Gasteiger partial charge in [0, 0.05) is 19.2 Å². The van der Waals surface area contributed by atoms with E-state index in [2.05, 4.69) is 9.97 Å². The van der Waals surface area contributed by atoms with Crippen molar-refractivity contribution in [2.45, 2.75) is 19.8 Å². The summed E-state index contributed by atoms with van der Waals surface area (Å²) < 4.78 is 22.3. The minimum Gasteiger partial charge on any atom is -0.356 e. The maximum atomic E-state index is 11.2. The van der Waals surface area contributed by atoms with Crippen molar-refractivity contribution in [2.24, 2.45) is 11.1 Å². The van der Waals surface area contributed by atoms with E-state index < -0.39 is 10.0 Å². The molecule has 19 heavy (non-hydrogen) atoms. The molecule has 106 valence electrons. The molecule has 2 heterocycles. The molecule has 1 fully saturated rings. The lowest BCUT2D eigenvalue weighted by Crippen LogP contribution is -2.39. The molecule has 6 nitrogen and oxygen atoms in total. The zero-order valence-corrected chi connectivity index (χ0v) is 12.3. The molecule has 1 aromatic rings. The van der Waals surface area contributed by atoms with E-state index in [4.69, 9.17) is 16.7 Å². The highest BCUT2D eigenvalue weighted by atomic mass is 35.5. The molecule has 0 aromatic carbocycles. The second-order valence-corrected chi connectivity index (χ2v) is 6.93. The molecule has 0 bridgehead atoms. The van der Waals surface area contributed by atoms with Crippen LogP contribution in [-0.2, 0) is 10.0 Å². The van der Waals surface area contributed by atoms with E-state index >= 15 is 0 Å². The molecule has 1 saturated heterocycles. The summed E-state index contributed by atoms with van der Waals surface area (Å²) in [7, 11) is -3.43. The van der Waals surface area contributed by atoms with Gasteiger partial charge in [0.2, 0.25) is 10.0 Å². The minimum absolute atomic E-state index is 0.0152. The van der Waals surface area contributed by atoms with Gasteiger partial charge >= 0.3 is 0 Å². The number of hydrogen-bond donors (Lipinski definition) is 1. The number of nitrogens with two attached hydrogens (primary N) is 1. The monoisotopic (exact) mass is 304 g/mol. The van der Waals surface area contributed by atoms with Gasteiger partial charge in [-0.15, -0.1) is 0 Å². The fourth-order valence-electron chi connectivity index (χ4n) is 2.42. The summed E-state index contributed by atoms with van der Waals surface area (Å²) in [5, 5.41) is 5.50. The summed E-state index contributed by atoms with van der Waals surface area (Å²) in [6.07, 6.45) is 1.78. The van der Waals surface area contributed by atoms with Crippen LogP contribution in [0.1, 0.15) is 18.7 Å². The number of sulfonamides is 1. The maximum Gasteiger partial charge on any atom is 0.209 e. The van der Waals surface area contributed by atoms with Gasteiger partial charge in [-0.2, -0.15) is 0 Å². The van der Waals surface area contributed by atoms with E-state index in [1.165, 1.54) is 0 Å². The molecule has 1 aliphatic heterocycles. The van der Waals surface area contributed by atoms with Crippen molar-refractivity contribution < 1.29 is 8.42 Å². The summed E-state index contributed by atoms with van der Waals surface area (Å²) in [6.45, 7) is 3.25. The third kappa shape index (κ3) is 4.29. The Morgan fingerprint density at radius 3 is 2.89 bits per heavy atom. The number of rotatable bonds is 3. The van der Waals surface area contributed by atoms with E-state index in [1.54, 1.807) is 13.0 Å². The summed E-state index contributed by atoms with van der Waals surface area (Å²) in [6, 6.07) is 1.70. The molecule has 1 aromatic heterocycles. The Kier molecular flexibility index (Phi) is 4.27. The van der Waals surface area contributed by atoms with E-state index in [0.717, 1.165) is 25.2 Å². The Bertz CT molecular complexity index is 544. The van der Waals surface area contributed by atoms with Crippen molar-refractivity contribution >= 4 is 27.4 Å². The van der Waals surface area contributed by atoms with Gasteiger partial charge in [-0.1, -0.05) is 11.6 Å². The molecule has 1 aliphatic rings. The smallest absolute Gasteiger partial charge is 0.209 e. The highest BCUT2D eigenvalue weighted by molar-refractivity contribution is 7.89. The summed E-state index contributed by atoms with van der Waals surface area (Å²) in [5.74, 6) is 1.41. The normalized spacial score (nSPS) is 20.6. The Hall–Kier alpha value is -0.920. The van der Waals surface area contributed by atoms with Crippen LogP contribution in [0.4, 0.5) is 5.82 Å². The number of halogens is 1. The predicted molar refractivity (Wildman–Crippen MR) is 74.7 cm³/mol. The lowest BCUT2D eigenvalue weighted by atomic mass is 10.0. The van der Waals surface area contributed by atoms with Crippen molar-refractivity contribution in [3.63, 3.8) is 0 Å². The van der Waals surface area contributed by atoms with Gasteiger partial charge in [-0.3, -0.25) is 0 Å². The van der Waals surface area contributed by atoms with E-state index in [1.807, 2.05) is 4.90 Å². The van der Waals surface area contributed by atoms with Crippen molar-refractivity contribution in [1.29, 1.82) is 0 Å². The van der Waals surface area contributed by atoms with Gasteiger partial charge in [-0.05, 0) is 25.7 Å². The van der Waals surface area contributed by atoms with E-state index in [0.29, 0.717) is 17.5 Å². The van der Waals surface area contributed by atoms with Crippen LogP contribution >= 0.6 is 11.6 Å². The van der Waals surface area contributed by atoms with Crippen molar-refractivity contribution in [3.05, 3.63) is 17.0 Å². The molecular formula is C11H17ClN4O2S. The van der Waals surface area contributed by atoms with Crippen LogP contribution in [0.15, 0.2) is 6.07 Å². The van der Waals surface area contributed by atoms with Crippen LogP contribution < -0.4 is 10.0 Å². The van der Waals surface area contributed by atoms with Crippen molar-refractivity contribution in [1.82, 2.24) is 9.97 Å². The van der Waals surface area contributed by atoms with Crippen LogP contribution in [0.3, 0.4) is 0 Å². The number of aryl methyl sites for hydroxylation is 1. The first-order valence-corrected chi connectivity index (χ1v) is 8.19. The fourth-order valence-corrected chi connectivity index (χ4v) is 3.57. The highest BCUT2D eigenvalue weighted by Gasteiger charge is 2.24. The zero-order valence-electron chi connectivity index (χ0n) is 10.7. The predicted octanol–water partition coefficient (Wildman–Crippen LogP) is 0.943. The maximum absolute atomic E-state index is 11.2. The number of piperidine rings is 1. The first-order valence-electron chi connectivity index (χ1n) is 6.10. The number of primary sulfonamides is 1. The van der Waals surface area contributed by atoms with Crippen LogP contribution in [0.25, 0.3) is 0 Å². The molecule has 0 aliphatic carbocycles. The average Bonchev–Trinajstić information content (AvgIpc) is 2.25. The number of hydrogen-bond acceptors (Lipinski definition) is 5. The molecule has 2 rings (SSSR count). The molecule has 0 amide bonds.